The Balaban J connectivity index is 1.91. The van der Waals surface area contributed by atoms with Gasteiger partial charge in [0.15, 0.2) is 0 Å². The van der Waals surface area contributed by atoms with Gasteiger partial charge in [0.1, 0.15) is 0 Å². The lowest BCUT2D eigenvalue weighted by molar-refractivity contribution is -0.137. The van der Waals surface area contributed by atoms with Crippen LogP contribution < -0.4 is 10.9 Å². The molecule has 0 spiro atoms. The second-order valence-corrected chi connectivity index (χ2v) is 5.43. The van der Waals surface area contributed by atoms with Gasteiger partial charge in [-0.15, -0.1) is 0 Å². The molecule has 2 rings (SSSR count). The van der Waals surface area contributed by atoms with Gasteiger partial charge in [0.2, 0.25) is 5.91 Å². The fraction of sp³-hybridized carbons (Fsp3) is 0.222. The van der Waals surface area contributed by atoms with Gasteiger partial charge in [-0.05, 0) is 35.7 Å². The van der Waals surface area contributed by atoms with Gasteiger partial charge in [0, 0.05) is 5.56 Å². The van der Waals surface area contributed by atoms with E-state index in [0.29, 0.717) is 5.56 Å². The van der Waals surface area contributed by atoms with Gasteiger partial charge in [0.25, 0.3) is 5.91 Å². The number of nitrogens with one attached hydrogen (secondary N) is 2. The number of amides is 2. The number of aryl methyl sites for hydroxylation is 1. The highest BCUT2D eigenvalue weighted by Gasteiger charge is 2.30. The maximum atomic E-state index is 12.6. The number of carbonyl (C=O) groups is 2. The van der Waals surface area contributed by atoms with Crippen molar-refractivity contribution in [3.8, 4) is 0 Å². The van der Waals surface area contributed by atoms with E-state index in [0.717, 1.165) is 24.1 Å². The van der Waals surface area contributed by atoms with Crippen molar-refractivity contribution in [3.05, 3.63) is 70.8 Å². The highest BCUT2D eigenvalue weighted by Crippen LogP contribution is 2.29. The topological polar surface area (TPSA) is 58.2 Å². The van der Waals surface area contributed by atoms with Crippen LogP contribution in [-0.4, -0.2) is 11.8 Å². The summed E-state index contributed by atoms with van der Waals surface area (Å²) in [4.78, 5) is 23.7. The molecule has 0 aliphatic carbocycles. The molecule has 0 atom stereocenters. The quantitative estimate of drug-likeness (QED) is 0.832. The lowest BCUT2D eigenvalue weighted by atomic mass is 10.1. The average Bonchev–Trinajstić information content (AvgIpc) is 2.59. The number of hydrogen-bond acceptors (Lipinski definition) is 2. The molecule has 0 aromatic heterocycles. The minimum atomic E-state index is -4.47. The highest BCUT2D eigenvalue weighted by atomic mass is 19.4. The molecule has 0 fully saturated rings. The van der Waals surface area contributed by atoms with E-state index in [-0.39, 0.29) is 12.0 Å². The van der Waals surface area contributed by atoms with Crippen LogP contribution >= 0.6 is 0 Å². The van der Waals surface area contributed by atoms with Crippen LogP contribution in [0.15, 0.2) is 48.5 Å². The molecule has 0 aliphatic rings. The summed E-state index contributed by atoms with van der Waals surface area (Å²) in [5.41, 5.74) is 5.26. The van der Waals surface area contributed by atoms with Gasteiger partial charge in [0.05, 0.1) is 12.0 Å². The predicted octanol–water partition coefficient (Wildman–Crippen LogP) is 3.27. The standard InChI is InChI=1S/C18H17F3N2O2/c1-2-12-6-8-14(9-7-12)17(25)23-22-16(24)11-13-4-3-5-15(10-13)18(19,20)21/h3-10H,2,11H2,1H3,(H,22,24)(H,23,25). The molecule has 0 heterocycles. The SMILES string of the molecule is CCc1ccc(C(=O)NNC(=O)Cc2cccc(C(F)(F)F)c2)cc1. The maximum absolute atomic E-state index is 12.6. The van der Waals surface area contributed by atoms with Gasteiger partial charge in [-0.2, -0.15) is 13.2 Å². The van der Waals surface area contributed by atoms with Gasteiger partial charge in [-0.25, -0.2) is 0 Å². The minimum Gasteiger partial charge on any atom is -0.273 e. The summed E-state index contributed by atoms with van der Waals surface area (Å²) in [5.74, 6) is -1.11. The summed E-state index contributed by atoms with van der Waals surface area (Å²) in [5, 5.41) is 0. The van der Waals surface area contributed by atoms with Gasteiger partial charge in [-0.3, -0.25) is 20.4 Å². The third-order valence-electron chi connectivity index (χ3n) is 3.56. The van der Waals surface area contributed by atoms with E-state index in [1.165, 1.54) is 12.1 Å². The van der Waals surface area contributed by atoms with Gasteiger partial charge < -0.3 is 0 Å². The fourth-order valence-electron chi connectivity index (χ4n) is 2.18. The summed E-state index contributed by atoms with van der Waals surface area (Å²) in [6, 6.07) is 11.4. The summed E-state index contributed by atoms with van der Waals surface area (Å²) in [6.45, 7) is 1.99. The Hall–Kier alpha value is -2.83. The number of carbonyl (C=O) groups excluding carboxylic acids is 2. The summed E-state index contributed by atoms with van der Waals surface area (Å²) < 4.78 is 37.9. The molecule has 0 bridgehead atoms. The van der Waals surface area contributed by atoms with E-state index in [1.54, 1.807) is 24.3 Å². The zero-order chi connectivity index (χ0) is 18.4. The Labute approximate surface area is 143 Å². The Morgan fingerprint density at radius 2 is 1.64 bits per heavy atom. The van der Waals surface area contributed by atoms with Crippen molar-refractivity contribution in [2.45, 2.75) is 25.9 Å². The highest BCUT2D eigenvalue weighted by molar-refractivity contribution is 5.95. The zero-order valence-electron chi connectivity index (χ0n) is 13.5. The van der Waals surface area contributed by atoms with Crippen molar-refractivity contribution in [2.75, 3.05) is 0 Å². The third-order valence-corrected chi connectivity index (χ3v) is 3.56. The third kappa shape index (κ3) is 5.34. The number of rotatable bonds is 4. The van der Waals surface area contributed by atoms with Crippen LogP contribution in [0.1, 0.15) is 34.0 Å². The van der Waals surface area contributed by atoms with Crippen LogP contribution in [0.2, 0.25) is 0 Å². The Bertz CT molecular complexity index is 756. The largest absolute Gasteiger partial charge is 0.416 e. The van der Waals surface area contributed by atoms with Crippen molar-refractivity contribution in [2.24, 2.45) is 0 Å². The molecule has 0 unspecified atom stereocenters. The van der Waals surface area contributed by atoms with Crippen LogP contribution in [0.25, 0.3) is 0 Å². The van der Waals surface area contributed by atoms with Crippen molar-refractivity contribution < 1.29 is 22.8 Å². The average molecular weight is 350 g/mol. The lowest BCUT2D eigenvalue weighted by Gasteiger charge is -2.10. The second kappa shape index (κ2) is 7.83. The molecule has 4 nitrogen and oxygen atoms in total. The summed E-state index contributed by atoms with van der Waals surface area (Å²) >= 11 is 0. The first-order valence-electron chi connectivity index (χ1n) is 7.64. The molecule has 0 saturated heterocycles. The molecule has 2 amide bonds. The molecule has 0 aliphatic heterocycles. The van der Waals surface area contributed by atoms with Crippen LogP contribution in [0, 0.1) is 0 Å². The molecule has 2 N–H and O–H groups in total. The number of hydrazine groups is 1. The van der Waals surface area contributed by atoms with Crippen molar-refractivity contribution in [1.82, 2.24) is 10.9 Å². The van der Waals surface area contributed by atoms with Crippen molar-refractivity contribution >= 4 is 11.8 Å². The fourth-order valence-corrected chi connectivity index (χ4v) is 2.18. The van der Waals surface area contributed by atoms with E-state index in [9.17, 15) is 22.8 Å². The Morgan fingerprint density at radius 1 is 0.960 bits per heavy atom. The second-order valence-electron chi connectivity index (χ2n) is 5.43. The number of halogens is 3. The monoisotopic (exact) mass is 350 g/mol. The molecule has 0 radical (unpaired) electrons. The van der Waals surface area contributed by atoms with E-state index in [2.05, 4.69) is 10.9 Å². The minimum absolute atomic E-state index is 0.203. The van der Waals surface area contributed by atoms with Gasteiger partial charge in [-0.1, -0.05) is 37.3 Å². The summed E-state index contributed by atoms with van der Waals surface area (Å²) in [7, 11) is 0. The first kappa shape index (κ1) is 18.5. The van der Waals surface area contributed by atoms with E-state index < -0.39 is 23.6 Å². The molecule has 2 aromatic rings. The smallest absolute Gasteiger partial charge is 0.273 e. The Kier molecular flexibility index (Phi) is 5.80. The molecule has 0 saturated carbocycles. The summed E-state index contributed by atoms with van der Waals surface area (Å²) in [6.07, 6.45) is -3.90. The normalized spacial score (nSPS) is 11.0. The maximum Gasteiger partial charge on any atom is 0.416 e. The first-order chi connectivity index (χ1) is 11.8. The van der Waals surface area contributed by atoms with Crippen LogP contribution in [0.3, 0.4) is 0 Å². The lowest BCUT2D eigenvalue weighted by Crippen LogP contribution is -2.42. The van der Waals surface area contributed by atoms with Crippen molar-refractivity contribution in [1.29, 1.82) is 0 Å². The molecule has 132 valence electrons. The van der Waals surface area contributed by atoms with Crippen molar-refractivity contribution in [3.63, 3.8) is 0 Å². The van der Waals surface area contributed by atoms with E-state index in [1.807, 2.05) is 6.92 Å². The number of hydrogen-bond donors (Lipinski definition) is 2. The van der Waals surface area contributed by atoms with E-state index in [4.69, 9.17) is 0 Å². The van der Waals surface area contributed by atoms with Crippen LogP contribution in [0.5, 0.6) is 0 Å². The number of alkyl halides is 3. The predicted molar refractivity (Wildman–Crippen MR) is 86.6 cm³/mol. The molecule has 7 heteroatoms. The van der Waals surface area contributed by atoms with E-state index >= 15 is 0 Å². The zero-order valence-corrected chi connectivity index (χ0v) is 13.5. The first-order valence-corrected chi connectivity index (χ1v) is 7.64. The van der Waals surface area contributed by atoms with Crippen LogP contribution in [0.4, 0.5) is 13.2 Å². The Morgan fingerprint density at radius 3 is 2.24 bits per heavy atom. The molecule has 2 aromatic carbocycles. The van der Waals surface area contributed by atoms with Crippen LogP contribution in [-0.2, 0) is 23.8 Å². The van der Waals surface area contributed by atoms with Gasteiger partial charge >= 0.3 is 6.18 Å². The number of benzene rings is 2. The molecule has 25 heavy (non-hydrogen) atoms. The molecular weight excluding hydrogens is 333 g/mol. The molecular formula is C18H17F3N2O2.